The highest BCUT2D eigenvalue weighted by molar-refractivity contribution is 4.99. The Hall–Kier alpha value is -0.900. The molecular weight excluding hydrogens is 145 g/mol. The van der Waals surface area contributed by atoms with E-state index in [0.29, 0.717) is 5.69 Å². The number of rotatable bonds is 4. The van der Waals surface area contributed by atoms with Gasteiger partial charge in [0.25, 0.3) is 0 Å². The van der Waals surface area contributed by atoms with E-state index < -0.39 is 6.67 Å². The number of aromatic amines is 1. The molecule has 0 aromatic carbocycles. The fourth-order valence-corrected chi connectivity index (χ4v) is 0.844. The number of nitrogens with one attached hydrogen (secondary N) is 2. The Morgan fingerprint density at radius 3 is 3.09 bits per heavy atom. The largest absolute Gasteiger partial charge is 0.344 e. The molecule has 0 atom stereocenters. The number of likely N-dealkylation sites (N-methyl/N-ethyl adjacent to an activating group) is 1. The summed E-state index contributed by atoms with van der Waals surface area (Å²) in [6.07, 6.45) is 2.35. The quantitative estimate of drug-likeness (QED) is 0.673. The smallest absolute Gasteiger partial charge is 0.131 e. The zero-order chi connectivity index (χ0) is 8.10. The first-order chi connectivity index (χ1) is 5.36. The van der Waals surface area contributed by atoms with Gasteiger partial charge in [0, 0.05) is 13.0 Å². The number of hydrogen-bond acceptors (Lipinski definition) is 2. The average molecular weight is 157 g/mol. The van der Waals surface area contributed by atoms with E-state index in [2.05, 4.69) is 15.3 Å². The summed E-state index contributed by atoms with van der Waals surface area (Å²) in [5.41, 5.74) is 0.552. The molecule has 4 heteroatoms. The van der Waals surface area contributed by atoms with Crippen molar-refractivity contribution in [3.63, 3.8) is 0 Å². The van der Waals surface area contributed by atoms with Gasteiger partial charge < -0.3 is 10.3 Å². The highest BCUT2D eigenvalue weighted by atomic mass is 19.1. The number of aromatic nitrogens is 2. The second-order valence-electron chi connectivity index (χ2n) is 2.34. The van der Waals surface area contributed by atoms with Crippen LogP contribution in [0.1, 0.15) is 11.5 Å². The molecule has 1 heterocycles. The van der Waals surface area contributed by atoms with Gasteiger partial charge in [0.2, 0.25) is 0 Å². The van der Waals surface area contributed by atoms with Crippen LogP contribution in [0.5, 0.6) is 0 Å². The van der Waals surface area contributed by atoms with Gasteiger partial charge in [-0.2, -0.15) is 0 Å². The summed E-state index contributed by atoms with van der Waals surface area (Å²) >= 11 is 0. The van der Waals surface area contributed by atoms with Gasteiger partial charge in [-0.25, -0.2) is 9.37 Å². The van der Waals surface area contributed by atoms with Crippen molar-refractivity contribution in [3.05, 3.63) is 17.7 Å². The summed E-state index contributed by atoms with van der Waals surface area (Å²) in [4.78, 5) is 6.86. The molecule has 0 saturated carbocycles. The maximum Gasteiger partial charge on any atom is 0.131 e. The second kappa shape index (κ2) is 4.08. The lowest BCUT2D eigenvalue weighted by atomic mass is 10.4. The van der Waals surface area contributed by atoms with Crippen LogP contribution in [-0.4, -0.2) is 23.6 Å². The van der Waals surface area contributed by atoms with Crippen LogP contribution < -0.4 is 5.32 Å². The van der Waals surface area contributed by atoms with Gasteiger partial charge in [0.15, 0.2) is 0 Å². The molecule has 1 aromatic heterocycles. The van der Waals surface area contributed by atoms with E-state index in [1.807, 2.05) is 7.05 Å². The molecule has 0 amide bonds. The first-order valence-corrected chi connectivity index (χ1v) is 3.60. The third kappa shape index (κ3) is 2.31. The lowest BCUT2D eigenvalue weighted by molar-refractivity contribution is 0.477. The number of nitrogens with zero attached hydrogens (tertiary/aromatic N) is 1. The van der Waals surface area contributed by atoms with Gasteiger partial charge in [0.1, 0.15) is 12.5 Å². The second-order valence-corrected chi connectivity index (χ2v) is 2.34. The molecular formula is C7H12FN3. The zero-order valence-electron chi connectivity index (χ0n) is 6.52. The standard InChI is InChI=1S/C7H12FN3/c1-9-3-2-7-10-5-6(4-8)11-7/h5,9H,2-4H2,1H3,(H,10,11). The van der Waals surface area contributed by atoms with Gasteiger partial charge in [-0.15, -0.1) is 0 Å². The van der Waals surface area contributed by atoms with Crippen molar-refractivity contribution in [1.29, 1.82) is 0 Å². The molecule has 0 aliphatic carbocycles. The topological polar surface area (TPSA) is 40.7 Å². The Kier molecular flexibility index (Phi) is 3.04. The first-order valence-electron chi connectivity index (χ1n) is 3.60. The fourth-order valence-electron chi connectivity index (χ4n) is 0.844. The molecule has 1 rings (SSSR count). The highest BCUT2D eigenvalue weighted by Gasteiger charge is 1.97. The molecule has 3 nitrogen and oxygen atoms in total. The SMILES string of the molecule is CNCCc1ncc(CF)[nH]1. The highest BCUT2D eigenvalue weighted by Crippen LogP contribution is 1.98. The van der Waals surface area contributed by atoms with Crippen molar-refractivity contribution in [2.75, 3.05) is 13.6 Å². The molecule has 11 heavy (non-hydrogen) atoms. The third-order valence-electron chi connectivity index (χ3n) is 1.44. The van der Waals surface area contributed by atoms with Crippen LogP contribution in [0.3, 0.4) is 0 Å². The Bertz CT molecular complexity index is 209. The summed E-state index contributed by atoms with van der Waals surface area (Å²) < 4.78 is 12.0. The van der Waals surface area contributed by atoms with Crippen LogP contribution in [-0.2, 0) is 13.1 Å². The third-order valence-corrected chi connectivity index (χ3v) is 1.44. The molecule has 0 unspecified atom stereocenters. The van der Waals surface area contributed by atoms with E-state index in [1.54, 1.807) is 0 Å². The van der Waals surface area contributed by atoms with Crippen molar-refractivity contribution < 1.29 is 4.39 Å². The van der Waals surface area contributed by atoms with Crippen molar-refractivity contribution in [2.24, 2.45) is 0 Å². The normalized spacial score (nSPS) is 10.4. The Balaban J connectivity index is 2.44. The molecule has 0 fully saturated rings. The van der Waals surface area contributed by atoms with Crippen LogP contribution in [0.2, 0.25) is 0 Å². The van der Waals surface area contributed by atoms with E-state index in [-0.39, 0.29) is 0 Å². The fraction of sp³-hybridized carbons (Fsp3) is 0.571. The maximum absolute atomic E-state index is 12.0. The van der Waals surface area contributed by atoms with Gasteiger partial charge in [-0.3, -0.25) is 0 Å². The molecule has 0 spiro atoms. The average Bonchev–Trinajstić information content (AvgIpc) is 2.48. The number of hydrogen-bond donors (Lipinski definition) is 2. The van der Waals surface area contributed by atoms with E-state index >= 15 is 0 Å². The Morgan fingerprint density at radius 1 is 1.73 bits per heavy atom. The lowest BCUT2D eigenvalue weighted by Gasteiger charge is -1.93. The first kappa shape index (κ1) is 8.20. The molecule has 62 valence electrons. The zero-order valence-corrected chi connectivity index (χ0v) is 6.52. The summed E-state index contributed by atoms with van der Waals surface area (Å²) in [5.74, 6) is 0.840. The molecule has 0 bridgehead atoms. The van der Waals surface area contributed by atoms with E-state index in [0.717, 1.165) is 18.8 Å². The minimum atomic E-state index is -0.466. The monoisotopic (exact) mass is 157 g/mol. The lowest BCUT2D eigenvalue weighted by Crippen LogP contribution is -2.11. The van der Waals surface area contributed by atoms with Gasteiger partial charge in [0.05, 0.1) is 11.9 Å². The van der Waals surface area contributed by atoms with Crippen LogP contribution in [0.25, 0.3) is 0 Å². The van der Waals surface area contributed by atoms with E-state index in [9.17, 15) is 4.39 Å². The van der Waals surface area contributed by atoms with Crippen molar-refractivity contribution in [2.45, 2.75) is 13.1 Å². The summed E-state index contributed by atoms with van der Waals surface area (Å²) in [6.45, 7) is 0.395. The molecule has 0 radical (unpaired) electrons. The molecule has 2 N–H and O–H groups in total. The van der Waals surface area contributed by atoms with Crippen LogP contribution >= 0.6 is 0 Å². The predicted octanol–water partition coefficient (Wildman–Crippen LogP) is 0.641. The number of alkyl halides is 1. The Morgan fingerprint density at radius 2 is 2.55 bits per heavy atom. The summed E-state index contributed by atoms with van der Waals surface area (Å²) in [5, 5.41) is 2.99. The van der Waals surface area contributed by atoms with Crippen LogP contribution in [0.4, 0.5) is 4.39 Å². The summed E-state index contributed by atoms with van der Waals surface area (Å²) in [7, 11) is 1.87. The number of halogens is 1. The van der Waals surface area contributed by atoms with Crippen LogP contribution in [0, 0.1) is 0 Å². The minimum absolute atomic E-state index is 0.466. The molecule has 0 aliphatic heterocycles. The molecule has 0 saturated heterocycles. The summed E-state index contributed by atoms with van der Waals surface area (Å²) in [6, 6.07) is 0. The molecule has 0 aliphatic rings. The van der Waals surface area contributed by atoms with E-state index in [1.165, 1.54) is 6.20 Å². The minimum Gasteiger partial charge on any atom is -0.344 e. The number of imidazole rings is 1. The van der Waals surface area contributed by atoms with E-state index in [4.69, 9.17) is 0 Å². The van der Waals surface area contributed by atoms with Gasteiger partial charge >= 0.3 is 0 Å². The van der Waals surface area contributed by atoms with Crippen LogP contribution in [0.15, 0.2) is 6.20 Å². The predicted molar refractivity (Wildman–Crippen MR) is 41.0 cm³/mol. The van der Waals surface area contributed by atoms with Gasteiger partial charge in [-0.05, 0) is 7.05 Å². The van der Waals surface area contributed by atoms with Gasteiger partial charge in [-0.1, -0.05) is 0 Å². The van der Waals surface area contributed by atoms with Crippen molar-refractivity contribution in [1.82, 2.24) is 15.3 Å². The van der Waals surface area contributed by atoms with Crippen molar-refractivity contribution >= 4 is 0 Å². The molecule has 1 aromatic rings. The van der Waals surface area contributed by atoms with Crippen molar-refractivity contribution in [3.8, 4) is 0 Å². The maximum atomic E-state index is 12.0. The Labute approximate surface area is 65.0 Å². The number of H-pyrrole nitrogens is 1.